The molecule has 0 aliphatic carbocycles. The Morgan fingerprint density at radius 2 is 1.93 bits per heavy atom. The smallest absolute Gasteiger partial charge is 0.335 e. The molecule has 0 saturated heterocycles. The molecule has 0 spiro atoms. The van der Waals surface area contributed by atoms with Gasteiger partial charge in [-0.15, -0.1) is 0 Å². The molecule has 6 aromatic rings. The van der Waals surface area contributed by atoms with Gasteiger partial charge in [-0.05, 0) is 71.8 Å². The lowest BCUT2D eigenvalue weighted by atomic mass is 10.1. The van der Waals surface area contributed by atoms with E-state index in [1.54, 1.807) is 48.5 Å². The first-order valence-electron chi connectivity index (χ1n) is 12.9. The van der Waals surface area contributed by atoms with Crippen LogP contribution in [0.1, 0.15) is 21.5 Å². The number of ether oxygens (including phenoxy) is 2. The zero-order valence-electron chi connectivity index (χ0n) is 22.5. The van der Waals surface area contributed by atoms with Crippen LogP contribution in [0, 0.1) is 0 Å². The van der Waals surface area contributed by atoms with E-state index < -0.39 is 5.97 Å². The third-order valence-corrected chi connectivity index (χ3v) is 7.36. The van der Waals surface area contributed by atoms with Gasteiger partial charge in [-0.25, -0.2) is 9.78 Å². The molecular formula is C32H21BrClN3O6. The summed E-state index contributed by atoms with van der Waals surface area (Å²) in [6.45, 7) is 0.0697. The van der Waals surface area contributed by atoms with Crippen molar-refractivity contribution in [1.82, 2.24) is 9.66 Å². The topological polar surface area (TPSA) is 116 Å². The number of para-hydroxylation sites is 1. The van der Waals surface area contributed by atoms with Gasteiger partial charge >= 0.3 is 5.97 Å². The van der Waals surface area contributed by atoms with Crippen molar-refractivity contribution < 1.29 is 23.8 Å². The van der Waals surface area contributed by atoms with E-state index in [0.717, 1.165) is 9.86 Å². The fourth-order valence-corrected chi connectivity index (χ4v) is 5.20. The molecule has 0 unspecified atom stereocenters. The molecule has 0 bridgehead atoms. The summed E-state index contributed by atoms with van der Waals surface area (Å²) in [5.74, 6) is 0.183. The molecule has 0 aliphatic heterocycles. The highest BCUT2D eigenvalue weighted by Crippen LogP contribution is 2.37. The summed E-state index contributed by atoms with van der Waals surface area (Å²) >= 11 is 10.0. The number of hydrogen-bond donors (Lipinski definition) is 1. The fourth-order valence-electron chi connectivity index (χ4n) is 4.54. The fraction of sp³-hybridized carbons (Fsp3) is 0.0625. The first-order chi connectivity index (χ1) is 20.8. The van der Waals surface area contributed by atoms with Crippen LogP contribution in [0.2, 0.25) is 5.02 Å². The zero-order chi connectivity index (χ0) is 30.1. The van der Waals surface area contributed by atoms with Gasteiger partial charge in [-0.2, -0.15) is 9.78 Å². The average molecular weight is 659 g/mol. The number of carboxylic acid groups (broad SMARTS) is 1. The standard InChI is InChI=1S/C32H21BrClN3O6/c1-41-27-13-19(12-24(34)29(27)42-17-18-5-4-6-20(11-18)32(39)40)16-35-37-30(36-25-8-3-2-7-23(25)31(37)38)28-15-21-14-22(33)9-10-26(21)43-28/h2-16H,17H2,1H3,(H,39,40). The summed E-state index contributed by atoms with van der Waals surface area (Å²) in [4.78, 5) is 29.6. The third-order valence-electron chi connectivity index (χ3n) is 6.58. The minimum absolute atomic E-state index is 0.0697. The molecule has 0 amide bonds. The van der Waals surface area contributed by atoms with E-state index >= 15 is 0 Å². The lowest BCUT2D eigenvalue weighted by molar-refractivity contribution is 0.0696. The second kappa shape index (κ2) is 11.7. The molecular weight excluding hydrogens is 638 g/mol. The first-order valence-corrected chi connectivity index (χ1v) is 14.1. The van der Waals surface area contributed by atoms with Crippen molar-refractivity contribution in [3.05, 3.63) is 121 Å². The summed E-state index contributed by atoms with van der Waals surface area (Å²) in [5, 5.41) is 15.2. The molecule has 2 aromatic heterocycles. The molecule has 214 valence electrons. The van der Waals surface area contributed by atoms with Crippen molar-refractivity contribution in [3.63, 3.8) is 0 Å². The van der Waals surface area contributed by atoms with Crippen LogP contribution in [-0.4, -0.2) is 34.1 Å². The number of methoxy groups -OCH3 is 1. The van der Waals surface area contributed by atoms with Gasteiger partial charge in [0.1, 0.15) is 12.2 Å². The Balaban J connectivity index is 1.37. The van der Waals surface area contributed by atoms with Crippen LogP contribution in [-0.2, 0) is 6.61 Å². The maximum atomic E-state index is 13.6. The van der Waals surface area contributed by atoms with Gasteiger partial charge in [0.05, 0.1) is 34.8 Å². The van der Waals surface area contributed by atoms with Gasteiger partial charge < -0.3 is 19.0 Å². The normalized spacial score (nSPS) is 11.4. The summed E-state index contributed by atoms with van der Waals surface area (Å²) < 4.78 is 19.6. The highest BCUT2D eigenvalue weighted by molar-refractivity contribution is 9.10. The van der Waals surface area contributed by atoms with Crippen molar-refractivity contribution in [2.45, 2.75) is 6.61 Å². The number of halogens is 2. The van der Waals surface area contributed by atoms with E-state index in [9.17, 15) is 14.7 Å². The van der Waals surface area contributed by atoms with Crippen LogP contribution in [0.3, 0.4) is 0 Å². The zero-order valence-corrected chi connectivity index (χ0v) is 24.8. The number of rotatable bonds is 8. The Bertz CT molecular complexity index is 2120. The van der Waals surface area contributed by atoms with Crippen molar-refractivity contribution in [2.75, 3.05) is 7.11 Å². The molecule has 0 atom stereocenters. The number of fused-ring (bicyclic) bond motifs is 2. The number of nitrogens with zero attached hydrogens (tertiary/aromatic N) is 3. The van der Waals surface area contributed by atoms with Gasteiger partial charge in [-0.3, -0.25) is 4.79 Å². The minimum Gasteiger partial charge on any atom is -0.493 e. The van der Waals surface area contributed by atoms with Crippen molar-refractivity contribution in [1.29, 1.82) is 0 Å². The van der Waals surface area contributed by atoms with E-state index in [1.807, 2.05) is 24.3 Å². The maximum Gasteiger partial charge on any atom is 0.335 e. The van der Waals surface area contributed by atoms with Gasteiger partial charge in [0.25, 0.3) is 5.56 Å². The van der Waals surface area contributed by atoms with Crippen LogP contribution in [0.25, 0.3) is 33.5 Å². The molecule has 2 heterocycles. The molecule has 43 heavy (non-hydrogen) atoms. The van der Waals surface area contributed by atoms with Gasteiger partial charge in [-0.1, -0.05) is 51.8 Å². The van der Waals surface area contributed by atoms with E-state index in [1.165, 1.54) is 30.1 Å². The Labute approximate surface area is 257 Å². The molecule has 1 N–H and O–H groups in total. The van der Waals surface area contributed by atoms with Crippen molar-refractivity contribution in [2.24, 2.45) is 5.10 Å². The molecule has 9 nitrogen and oxygen atoms in total. The van der Waals surface area contributed by atoms with E-state index in [-0.39, 0.29) is 34.3 Å². The SMILES string of the molecule is COc1cc(C=Nn2c(-c3cc4cc(Br)ccc4o3)nc3ccccc3c2=O)cc(Cl)c1OCc1cccc(C(=O)O)c1. The quantitative estimate of drug-likeness (QED) is 0.170. The highest BCUT2D eigenvalue weighted by atomic mass is 79.9. The second-order valence-corrected chi connectivity index (χ2v) is 10.8. The Morgan fingerprint density at radius 1 is 1.09 bits per heavy atom. The predicted octanol–water partition coefficient (Wildman–Crippen LogP) is 7.39. The van der Waals surface area contributed by atoms with Crippen LogP contribution in [0.4, 0.5) is 0 Å². The third kappa shape index (κ3) is 5.75. The van der Waals surface area contributed by atoms with E-state index in [2.05, 4.69) is 21.0 Å². The molecule has 0 saturated carbocycles. The number of carboxylic acids is 1. The van der Waals surface area contributed by atoms with Crippen LogP contribution in [0.5, 0.6) is 11.5 Å². The molecule has 0 radical (unpaired) electrons. The van der Waals surface area contributed by atoms with Crippen LogP contribution >= 0.6 is 27.5 Å². The lowest BCUT2D eigenvalue weighted by Gasteiger charge is -2.14. The van der Waals surface area contributed by atoms with Crippen molar-refractivity contribution in [3.8, 4) is 23.1 Å². The molecule has 0 fully saturated rings. The number of benzene rings is 4. The summed E-state index contributed by atoms with van der Waals surface area (Å²) in [7, 11) is 1.47. The monoisotopic (exact) mass is 657 g/mol. The molecule has 6 rings (SSSR count). The van der Waals surface area contributed by atoms with E-state index in [0.29, 0.717) is 39.1 Å². The summed E-state index contributed by atoms with van der Waals surface area (Å²) in [6, 6.07) is 24.1. The molecule has 11 heteroatoms. The van der Waals surface area contributed by atoms with Gasteiger partial charge in [0, 0.05) is 9.86 Å². The number of furan rings is 1. The number of hydrogen-bond acceptors (Lipinski definition) is 7. The number of aromatic nitrogens is 2. The highest BCUT2D eigenvalue weighted by Gasteiger charge is 2.17. The Kier molecular flexibility index (Phi) is 7.71. The number of carbonyl (C=O) groups is 1. The van der Waals surface area contributed by atoms with Crippen molar-refractivity contribution >= 4 is 61.6 Å². The largest absolute Gasteiger partial charge is 0.493 e. The second-order valence-electron chi connectivity index (χ2n) is 9.44. The number of aromatic carboxylic acids is 1. The van der Waals surface area contributed by atoms with Crippen LogP contribution in [0.15, 0.2) is 104 Å². The van der Waals surface area contributed by atoms with Gasteiger partial charge in [0.2, 0.25) is 5.82 Å². The van der Waals surface area contributed by atoms with Gasteiger partial charge in [0.15, 0.2) is 17.3 Å². The lowest BCUT2D eigenvalue weighted by Crippen LogP contribution is -2.20. The molecule has 0 aliphatic rings. The maximum absolute atomic E-state index is 13.6. The first kappa shape index (κ1) is 28.2. The minimum atomic E-state index is -1.03. The summed E-state index contributed by atoms with van der Waals surface area (Å²) in [6.07, 6.45) is 1.47. The Morgan fingerprint density at radius 3 is 2.74 bits per heavy atom. The summed E-state index contributed by atoms with van der Waals surface area (Å²) in [5.41, 5.74) is 2.10. The van der Waals surface area contributed by atoms with Crippen LogP contribution < -0.4 is 15.0 Å². The predicted molar refractivity (Wildman–Crippen MR) is 168 cm³/mol. The Hall–Kier alpha value is -4.93. The average Bonchev–Trinajstić information content (AvgIpc) is 3.43. The molecule has 4 aromatic carbocycles. The van der Waals surface area contributed by atoms with E-state index in [4.69, 9.17) is 30.5 Å².